The summed E-state index contributed by atoms with van der Waals surface area (Å²) in [6.07, 6.45) is 1.62. The van der Waals surface area contributed by atoms with E-state index >= 15 is 0 Å². The zero-order valence-electron chi connectivity index (χ0n) is 9.50. The fraction of sp³-hybridized carbons (Fsp3) is 0.417. The molecule has 1 fully saturated rings. The molecule has 88 valence electrons. The third-order valence-electron chi connectivity index (χ3n) is 3.16. The van der Waals surface area contributed by atoms with Crippen molar-refractivity contribution in [2.45, 2.75) is 6.92 Å². The van der Waals surface area contributed by atoms with Gasteiger partial charge in [0.25, 0.3) is 0 Å². The first-order valence-corrected chi connectivity index (χ1v) is 5.45. The van der Waals surface area contributed by atoms with Gasteiger partial charge in [0.2, 0.25) is 0 Å². The Bertz CT molecular complexity index is 464. The van der Waals surface area contributed by atoms with E-state index in [1.807, 2.05) is 24.0 Å². The van der Waals surface area contributed by atoms with E-state index in [9.17, 15) is 4.79 Å². The van der Waals surface area contributed by atoms with Gasteiger partial charge >= 0.3 is 5.97 Å². The topological polar surface area (TPSA) is 77.2 Å². The van der Waals surface area contributed by atoms with E-state index in [1.165, 1.54) is 0 Å². The van der Waals surface area contributed by atoms with Crippen LogP contribution >= 0.6 is 0 Å². The number of nitriles is 1. The Balaban J connectivity index is 2.14. The van der Waals surface area contributed by atoms with Gasteiger partial charge in [0.15, 0.2) is 0 Å². The number of pyridine rings is 1. The molecule has 0 spiro atoms. The molecule has 0 saturated carbocycles. The second kappa shape index (κ2) is 4.42. The van der Waals surface area contributed by atoms with Gasteiger partial charge in [0.05, 0.1) is 17.8 Å². The van der Waals surface area contributed by atoms with Crippen molar-refractivity contribution in [2.24, 2.45) is 11.8 Å². The van der Waals surface area contributed by atoms with Crippen LogP contribution in [0, 0.1) is 23.2 Å². The van der Waals surface area contributed by atoms with Gasteiger partial charge in [0, 0.05) is 13.1 Å². The number of hydrogen-bond donors (Lipinski definition) is 1. The summed E-state index contributed by atoms with van der Waals surface area (Å²) in [5.74, 6) is -0.949. The number of hydrogen-bond acceptors (Lipinski definition) is 4. The molecule has 1 aromatic rings. The highest BCUT2D eigenvalue weighted by atomic mass is 16.4. The summed E-state index contributed by atoms with van der Waals surface area (Å²) in [5.41, 5.74) is 1.25. The normalized spacial score (nSPS) is 23.4. The molecule has 2 heterocycles. The molecule has 2 rings (SSSR count). The molecular formula is C12H13N3O2. The standard InChI is InChI=1S/C12H13N3O2/c1-8-6-15(7-11(8)12(16)17)10-3-2-9(4-13)14-5-10/h2-3,5,8,11H,6-7H2,1H3,(H,16,17). The average Bonchev–Trinajstić information content (AvgIpc) is 2.71. The van der Waals surface area contributed by atoms with Crippen LogP contribution in [0.15, 0.2) is 18.3 Å². The van der Waals surface area contributed by atoms with Crippen molar-refractivity contribution in [3.8, 4) is 6.07 Å². The molecule has 1 aliphatic heterocycles. The maximum absolute atomic E-state index is 11.0. The second-order valence-electron chi connectivity index (χ2n) is 4.34. The van der Waals surface area contributed by atoms with Gasteiger partial charge in [-0.3, -0.25) is 4.79 Å². The maximum Gasteiger partial charge on any atom is 0.308 e. The first-order valence-electron chi connectivity index (χ1n) is 5.45. The van der Waals surface area contributed by atoms with Crippen LogP contribution in [0.25, 0.3) is 0 Å². The van der Waals surface area contributed by atoms with Crippen molar-refractivity contribution < 1.29 is 9.90 Å². The van der Waals surface area contributed by atoms with Gasteiger partial charge in [-0.15, -0.1) is 0 Å². The fourth-order valence-corrected chi connectivity index (χ4v) is 2.14. The summed E-state index contributed by atoms with van der Waals surface area (Å²) in [4.78, 5) is 17.0. The lowest BCUT2D eigenvalue weighted by Crippen LogP contribution is -2.23. The van der Waals surface area contributed by atoms with E-state index in [-0.39, 0.29) is 11.8 Å². The summed E-state index contributed by atoms with van der Waals surface area (Å²) in [6.45, 7) is 3.16. The van der Waals surface area contributed by atoms with Crippen molar-refractivity contribution in [3.63, 3.8) is 0 Å². The zero-order valence-corrected chi connectivity index (χ0v) is 9.50. The van der Waals surface area contributed by atoms with Crippen molar-refractivity contribution in [3.05, 3.63) is 24.0 Å². The van der Waals surface area contributed by atoms with Gasteiger partial charge in [-0.1, -0.05) is 6.92 Å². The zero-order chi connectivity index (χ0) is 12.4. The Morgan fingerprint density at radius 3 is 2.82 bits per heavy atom. The molecule has 2 atom stereocenters. The highest BCUT2D eigenvalue weighted by Gasteiger charge is 2.34. The molecule has 0 amide bonds. The molecule has 0 radical (unpaired) electrons. The van der Waals surface area contributed by atoms with Crippen LogP contribution in [0.3, 0.4) is 0 Å². The minimum atomic E-state index is -0.749. The van der Waals surface area contributed by atoms with Crippen LogP contribution in [0.4, 0.5) is 5.69 Å². The number of anilines is 1. The van der Waals surface area contributed by atoms with E-state index in [0.717, 1.165) is 5.69 Å². The lowest BCUT2D eigenvalue weighted by atomic mass is 9.99. The van der Waals surface area contributed by atoms with Gasteiger partial charge in [-0.25, -0.2) is 4.98 Å². The molecular weight excluding hydrogens is 218 g/mol. The van der Waals surface area contributed by atoms with Crippen molar-refractivity contribution in [1.29, 1.82) is 5.26 Å². The third-order valence-corrected chi connectivity index (χ3v) is 3.16. The number of aliphatic carboxylic acids is 1. The SMILES string of the molecule is CC1CN(c2ccc(C#N)nc2)CC1C(=O)O. The van der Waals surface area contributed by atoms with Crippen LogP contribution in [0.2, 0.25) is 0 Å². The molecule has 1 saturated heterocycles. The number of aromatic nitrogens is 1. The Hall–Kier alpha value is -2.09. The molecule has 5 nitrogen and oxygen atoms in total. The van der Waals surface area contributed by atoms with E-state index < -0.39 is 5.97 Å². The molecule has 2 unspecified atom stereocenters. The largest absolute Gasteiger partial charge is 0.481 e. The molecule has 1 N–H and O–H groups in total. The van der Waals surface area contributed by atoms with Gasteiger partial charge in [-0.05, 0) is 18.1 Å². The maximum atomic E-state index is 11.0. The molecule has 0 aromatic carbocycles. The molecule has 1 aliphatic rings. The summed E-state index contributed by atoms with van der Waals surface area (Å²) in [5, 5.41) is 17.7. The van der Waals surface area contributed by atoms with Crippen molar-refractivity contribution in [2.75, 3.05) is 18.0 Å². The molecule has 17 heavy (non-hydrogen) atoms. The first kappa shape index (κ1) is 11.4. The van der Waals surface area contributed by atoms with Crippen LogP contribution < -0.4 is 4.90 Å². The highest BCUT2D eigenvalue weighted by molar-refractivity contribution is 5.72. The second-order valence-corrected chi connectivity index (χ2v) is 4.34. The number of carboxylic acids is 1. The minimum Gasteiger partial charge on any atom is -0.481 e. The van der Waals surface area contributed by atoms with Crippen LogP contribution in [0.1, 0.15) is 12.6 Å². The summed E-state index contributed by atoms with van der Waals surface area (Å²) in [6, 6.07) is 5.41. The van der Waals surface area contributed by atoms with Gasteiger partial charge in [-0.2, -0.15) is 5.26 Å². The number of rotatable bonds is 2. The van der Waals surface area contributed by atoms with Gasteiger partial charge in [0.1, 0.15) is 11.8 Å². The van der Waals surface area contributed by atoms with Crippen molar-refractivity contribution in [1.82, 2.24) is 4.98 Å². The predicted octanol–water partition coefficient (Wildman–Crippen LogP) is 1.11. The van der Waals surface area contributed by atoms with Crippen LogP contribution in [0.5, 0.6) is 0 Å². The predicted molar refractivity (Wildman–Crippen MR) is 61.5 cm³/mol. The van der Waals surface area contributed by atoms with Gasteiger partial charge < -0.3 is 10.0 Å². The average molecular weight is 231 g/mol. The lowest BCUT2D eigenvalue weighted by Gasteiger charge is -2.17. The van der Waals surface area contributed by atoms with E-state index in [2.05, 4.69) is 4.98 Å². The summed E-state index contributed by atoms with van der Waals surface area (Å²) >= 11 is 0. The van der Waals surface area contributed by atoms with Crippen LogP contribution in [-0.2, 0) is 4.79 Å². The van der Waals surface area contributed by atoms with E-state index in [0.29, 0.717) is 18.8 Å². The molecule has 5 heteroatoms. The quantitative estimate of drug-likeness (QED) is 0.825. The molecule has 1 aromatic heterocycles. The number of carboxylic acid groups (broad SMARTS) is 1. The number of carbonyl (C=O) groups is 1. The highest BCUT2D eigenvalue weighted by Crippen LogP contribution is 2.27. The molecule has 0 bridgehead atoms. The minimum absolute atomic E-state index is 0.128. The van der Waals surface area contributed by atoms with Crippen LogP contribution in [-0.4, -0.2) is 29.1 Å². The lowest BCUT2D eigenvalue weighted by molar-refractivity contribution is -0.142. The Morgan fingerprint density at radius 2 is 2.35 bits per heavy atom. The number of nitrogens with zero attached hydrogens (tertiary/aromatic N) is 3. The molecule has 0 aliphatic carbocycles. The Kier molecular flexibility index (Phi) is 2.96. The van der Waals surface area contributed by atoms with E-state index in [4.69, 9.17) is 10.4 Å². The Labute approximate surface area is 99.3 Å². The van der Waals surface area contributed by atoms with Crippen molar-refractivity contribution >= 4 is 11.7 Å². The third kappa shape index (κ3) is 2.21. The smallest absolute Gasteiger partial charge is 0.308 e. The summed E-state index contributed by atoms with van der Waals surface area (Å²) in [7, 11) is 0. The van der Waals surface area contributed by atoms with E-state index in [1.54, 1.807) is 12.3 Å². The Morgan fingerprint density at radius 1 is 1.59 bits per heavy atom. The fourth-order valence-electron chi connectivity index (χ4n) is 2.14. The monoisotopic (exact) mass is 231 g/mol. The summed E-state index contributed by atoms with van der Waals surface area (Å²) < 4.78 is 0. The first-order chi connectivity index (χ1) is 8.11.